The number of carbonyl (C=O) groups excluding carboxylic acids is 1. The van der Waals surface area contributed by atoms with Gasteiger partial charge < -0.3 is 5.32 Å². The Morgan fingerprint density at radius 1 is 1.45 bits per heavy atom. The Labute approximate surface area is 64.5 Å². The van der Waals surface area contributed by atoms with Crippen molar-refractivity contribution in [2.45, 2.75) is 6.54 Å². The van der Waals surface area contributed by atoms with Crippen molar-refractivity contribution in [1.82, 2.24) is 10.3 Å². The summed E-state index contributed by atoms with van der Waals surface area (Å²) < 4.78 is 0. The number of pyridine rings is 1. The van der Waals surface area contributed by atoms with Crippen LogP contribution in [0.15, 0.2) is 18.5 Å². The molecule has 1 N–H and O–H groups in total. The highest BCUT2D eigenvalue weighted by atomic mass is 16.1. The highest BCUT2D eigenvalue weighted by molar-refractivity contribution is 5.99. The Hall–Kier alpha value is -1.22. The van der Waals surface area contributed by atoms with Crippen LogP contribution in [-0.4, -0.2) is 17.3 Å². The monoisotopic (exact) mass is 148 g/mol. The average molecular weight is 148 g/mol. The molecule has 0 unspecified atom stereocenters. The fourth-order valence-corrected chi connectivity index (χ4v) is 1.25. The van der Waals surface area contributed by atoms with Gasteiger partial charge in [-0.3, -0.25) is 9.78 Å². The van der Waals surface area contributed by atoms with Crippen molar-refractivity contribution >= 4 is 5.78 Å². The molecular weight excluding hydrogens is 140 g/mol. The molecule has 11 heavy (non-hydrogen) atoms. The van der Waals surface area contributed by atoms with Crippen molar-refractivity contribution in [1.29, 1.82) is 0 Å². The van der Waals surface area contributed by atoms with Gasteiger partial charge in [0.05, 0.1) is 6.54 Å². The Morgan fingerprint density at radius 3 is 3.18 bits per heavy atom. The normalized spacial score (nSPS) is 16.2. The van der Waals surface area contributed by atoms with Gasteiger partial charge in [-0.15, -0.1) is 0 Å². The second kappa shape index (κ2) is 2.43. The first kappa shape index (κ1) is 6.49. The zero-order valence-corrected chi connectivity index (χ0v) is 6.00. The molecule has 0 atom stereocenters. The minimum atomic E-state index is 0.161. The SMILES string of the molecule is O=C1CNCc2cnccc21. The van der Waals surface area contributed by atoms with E-state index in [0.29, 0.717) is 6.54 Å². The third kappa shape index (κ3) is 1.03. The van der Waals surface area contributed by atoms with Gasteiger partial charge in [-0.1, -0.05) is 0 Å². The Bertz CT molecular complexity index is 296. The maximum atomic E-state index is 11.2. The molecule has 0 amide bonds. The number of Topliss-reactive ketones (excluding diaryl/α,β-unsaturated/α-hetero) is 1. The molecule has 0 spiro atoms. The fourth-order valence-electron chi connectivity index (χ4n) is 1.25. The van der Waals surface area contributed by atoms with Gasteiger partial charge in [-0.05, 0) is 11.6 Å². The second-order valence-corrected chi connectivity index (χ2v) is 2.56. The molecule has 0 bridgehead atoms. The van der Waals surface area contributed by atoms with E-state index in [1.807, 2.05) is 0 Å². The van der Waals surface area contributed by atoms with Crippen LogP contribution >= 0.6 is 0 Å². The van der Waals surface area contributed by atoms with Crippen LogP contribution in [0.4, 0.5) is 0 Å². The minimum absolute atomic E-state index is 0.161. The Morgan fingerprint density at radius 2 is 2.36 bits per heavy atom. The number of nitrogens with zero attached hydrogens (tertiary/aromatic N) is 1. The number of ketones is 1. The molecule has 2 rings (SSSR count). The molecule has 0 saturated carbocycles. The smallest absolute Gasteiger partial charge is 0.177 e. The second-order valence-electron chi connectivity index (χ2n) is 2.56. The first-order chi connectivity index (χ1) is 5.38. The number of nitrogens with one attached hydrogen (secondary N) is 1. The number of hydrogen-bond acceptors (Lipinski definition) is 3. The van der Waals surface area contributed by atoms with Crippen LogP contribution in [0.25, 0.3) is 0 Å². The zero-order chi connectivity index (χ0) is 7.68. The molecule has 0 saturated heterocycles. The van der Waals surface area contributed by atoms with Gasteiger partial charge in [0.2, 0.25) is 0 Å². The lowest BCUT2D eigenvalue weighted by Crippen LogP contribution is -2.29. The highest BCUT2D eigenvalue weighted by Crippen LogP contribution is 2.10. The van der Waals surface area contributed by atoms with Crippen LogP contribution in [0.5, 0.6) is 0 Å². The largest absolute Gasteiger partial charge is 0.306 e. The molecule has 2 heterocycles. The summed E-state index contributed by atoms with van der Waals surface area (Å²) in [5.41, 5.74) is 1.82. The van der Waals surface area contributed by atoms with E-state index in [9.17, 15) is 4.79 Å². The summed E-state index contributed by atoms with van der Waals surface area (Å²) in [6.45, 7) is 1.21. The predicted molar refractivity (Wildman–Crippen MR) is 40.3 cm³/mol. The first-order valence-corrected chi connectivity index (χ1v) is 3.55. The third-order valence-electron chi connectivity index (χ3n) is 1.81. The van der Waals surface area contributed by atoms with Crippen LogP contribution < -0.4 is 5.32 Å². The van der Waals surface area contributed by atoms with Gasteiger partial charge in [0.25, 0.3) is 0 Å². The predicted octanol–water partition coefficient (Wildman–Crippen LogP) is 0.367. The number of aromatic nitrogens is 1. The van der Waals surface area contributed by atoms with Crippen molar-refractivity contribution in [3.63, 3.8) is 0 Å². The van der Waals surface area contributed by atoms with Crippen LogP contribution in [-0.2, 0) is 6.54 Å². The topological polar surface area (TPSA) is 42.0 Å². The van der Waals surface area contributed by atoms with Gasteiger partial charge in [0.1, 0.15) is 0 Å². The Kier molecular flexibility index (Phi) is 1.43. The van der Waals surface area contributed by atoms with E-state index < -0.39 is 0 Å². The molecule has 0 fully saturated rings. The molecule has 0 aliphatic carbocycles. The van der Waals surface area contributed by atoms with Crippen LogP contribution in [0.2, 0.25) is 0 Å². The summed E-state index contributed by atoms with van der Waals surface area (Å²) in [7, 11) is 0. The molecule has 3 nitrogen and oxygen atoms in total. The molecule has 1 aromatic heterocycles. The van der Waals surface area contributed by atoms with E-state index >= 15 is 0 Å². The molecule has 1 aliphatic rings. The molecular formula is C8H8N2O. The van der Waals surface area contributed by atoms with E-state index in [2.05, 4.69) is 10.3 Å². The molecule has 1 aliphatic heterocycles. The van der Waals surface area contributed by atoms with Gasteiger partial charge >= 0.3 is 0 Å². The lowest BCUT2D eigenvalue weighted by atomic mass is 10.0. The van der Waals surface area contributed by atoms with E-state index in [0.717, 1.165) is 17.7 Å². The fraction of sp³-hybridized carbons (Fsp3) is 0.250. The lowest BCUT2D eigenvalue weighted by Gasteiger charge is -2.13. The summed E-state index contributed by atoms with van der Waals surface area (Å²) in [6, 6.07) is 1.78. The zero-order valence-electron chi connectivity index (χ0n) is 6.00. The van der Waals surface area contributed by atoms with Gasteiger partial charge in [0.15, 0.2) is 5.78 Å². The van der Waals surface area contributed by atoms with Crippen molar-refractivity contribution in [2.24, 2.45) is 0 Å². The Balaban J connectivity index is 2.52. The van der Waals surface area contributed by atoms with Crippen molar-refractivity contribution in [3.05, 3.63) is 29.6 Å². The summed E-state index contributed by atoms with van der Waals surface area (Å²) >= 11 is 0. The maximum Gasteiger partial charge on any atom is 0.177 e. The molecule has 1 aromatic rings. The quantitative estimate of drug-likeness (QED) is 0.578. The summed E-state index contributed by atoms with van der Waals surface area (Å²) in [5, 5.41) is 3.00. The minimum Gasteiger partial charge on any atom is -0.306 e. The van der Waals surface area contributed by atoms with Gasteiger partial charge in [-0.2, -0.15) is 0 Å². The van der Waals surface area contributed by atoms with Crippen LogP contribution in [0.3, 0.4) is 0 Å². The van der Waals surface area contributed by atoms with Crippen LogP contribution in [0, 0.1) is 0 Å². The third-order valence-corrected chi connectivity index (χ3v) is 1.81. The summed E-state index contributed by atoms with van der Waals surface area (Å²) in [6.07, 6.45) is 3.39. The van der Waals surface area contributed by atoms with Crippen molar-refractivity contribution in [3.8, 4) is 0 Å². The van der Waals surface area contributed by atoms with E-state index in [4.69, 9.17) is 0 Å². The van der Waals surface area contributed by atoms with E-state index in [-0.39, 0.29) is 5.78 Å². The van der Waals surface area contributed by atoms with E-state index in [1.54, 1.807) is 18.5 Å². The first-order valence-electron chi connectivity index (χ1n) is 3.55. The van der Waals surface area contributed by atoms with Crippen molar-refractivity contribution < 1.29 is 4.79 Å². The van der Waals surface area contributed by atoms with Crippen molar-refractivity contribution in [2.75, 3.05) is 6.54 Å². The average Bonchev–Trinajstić information content (AvgIpc) is 2.06. The number of hydrogen-bond donors (Lipinski definition) is 1. The van der Waals surface area contributed by atoms with Gasteiger partial charge in [-0.25, -0.2) is 0 Å². The summed E-state index contributed by atoms with van der Waals surface area (Å²) in [4.78, 5) is 15.1. The number of rotatable bonds is 0. The lowest BCUT2D eigenvalue weighted by molar-refractivity contribution is 0.0982. The summed E-state index contributed by atoms with van der Waals surface area (Å²) in [5.74, 6) is 0.161. The van der Waals surface area contributed by atoms with Gasteiger partial charge in [0, 0.05) is 24.5 Å². The molecule has 3 heteroatoms. The standard InChI is InChI=1S/C8H8N2O/c11-8-5-10-4-6-3-9-2-1-7(6)8/h1-3,10H,4-5H2. The van der Waals surface area contributed by atoms with E-state index in [1.165, 1.54) is 0 Å². The maximum absolute atomic E-state index is 11.2. The number of fused-ring (bicyclic) bond motifs is 1. The number of carbonyl (C=O) groups is 1. The molecule has 0 aromatic carbocycles. The molecule has 56 valence electrons. The highest BCUT2D eigenvalue weighted by Gasteiger charge is 2.14. The van der Waals surface area contributed by atoms with Crippen LogP contribution in [0.1, 0.15) is 15.9 Å². The molecule has 0 radical (unpaired) electrons.